The van der Waals surface area contributed by atoms with Gasteiger partial charge in [-0.2, -0.15) is 0 Å². The van der Waals surface area contributed by atoms with Crippen molar-refractivity contribution in [3.63, 3.8) is 0 Å². The maximum absolute atomic E-state index is 12.9. The quantitative estimate of drug-likeness (QED) is 0.615. The number of hydrogen-bond acceptors (Lipinski definition) is 2. The van der Waals surface area contributed by atoms with E-state index in [-0.39, 0.29) is 12.1 Å². The van der Waals surface area contributed by atoms with Crippen LogP contribution in [0.1, 0.15) is 26.2 Å². The maximum atomic E-state index is 12.9. The molecule has 19 heavy (non-hydrogen) atoms. The molecule has 0 aliphatic rings. The lowest BCUT2D eigenvalue weighted by atomic mass is 10.2. The van der Waals surface area contributed by atoms with Crippen LogP contribution in [0.4, 0.5) is 14.5 Å². The summed E-state index contributed by atoms with van der Waals surface area (Å²) in [5.41, 5.74) is 0.116. The topological polar surface area (TPSA) is 58.2 Å². The van der Waals surface area contributed by atoms with Crippen molar-refractivity contribution >= 4 is 17.5 Å². The molecule has 0 aliphatic carbocycles. The average Bonchev–Trinajstić information content (AvgIpc) is 2.34. The van der Waals surface area contributed by atoms with Gasteiger partial charge in [-0.15, -0.1) is 0 Å². The van der Waals surface area contributed by atoms with Gasteiger partial charge >= 0.3 is 0 Å². The molecule has 0 saturated carbocycles. The van der Waals surface area contributed by atoms with Gasteiger partial charge in [-0.3, -0.25) is 9.59 Å². The van der Waals surface area contributed by atoms with Crippen LogP contribution in [0.5, 0.6) is 0 Å². The van der Waals surface area contributed by atoms with Crippen molar-refractivity contribution in [2.45, 2.75) is 26.2 Å². The fourth-order valence-electron chi connectivity index (χ4n) is 1.39. The van der Waals surface area contributed by atoms with Crippen molar-refractivity contribution in [3.8, 4) is 0 Å². The normalized spacial score (nSPS) is 10.1. The Kier molecular flexibility index (Phi) is 5.92. The number of halogens is 2. The van der Waals surface area contributed by atoms with E-state index in [1.54, 1.807) is 0 Å². The number of carbonyl (C=O) groups is 2. The minimum absolute atomic E-state index is 0.116. The summed E-state index contributed by atoms with van der Waals surface area (Å²) in [6, 6.07) is 3.00. The van der Waals surface area contributed by atoms with Crippen LogP contribution in [0.15, 0.2) is 18.2 Å². The zero-order valence-corrected chi connectivity index (χ0v) is 10.6. The minimum atomic E-state index is -1.05. The van der Waals surface area contributed by atoms with Crippen LogP contribution < -0.4 is 10.6 Å². The van der Waals surface area contributed by atoms with Crippen LogP contribution in [0.25, 0.3) is 0 Å². The van der Waals surface area contributed by atoms with E-state index in [1.807, 2.05) is 6.92 Å². The van der Waals surface area contributed by atoms with Crippen LogP contribution >= 0.6 is 0 Å². The first-order valence-corrected chi connectivity index (χ1v) is 6.04. The van der Waals surface area contributed by atoms with Crippen LogP contribution in [0.2, 0.25) is 0 Å². The Morgan fingerprint density at radius 1 is 1.16 bits per heavy atom. The summed E-state index contributed by atoms with van der Waals surface area (Å²) in [7, 11) is 0. The predicted octanol–water partition coefficient (Wildman–Crippen LogP) is 2.21. The largest absolute Gasteiger partial charge is 0.356 e. The smallest absolute Gasteiger partial charge is 0.233 e. The molecule has 0 aliphatic heterocycles. The van der Waals surface area contributed by atoms with Gasteiger partial charge in [-0.25, -0.2) is 8.78 Å². The van der Waals surface area contributed by atoms with E-state index in [1.165, 1.54) is 6.07 Å². The van der Waals surface area contributed by atoms with Gasteiger partial charge in [-0.05, 0) is 18.6 Å². The second kappa shape index (κ2) is 7.45. The van der Waals surface area contributed by atoms with Crippen molar-refractivity contribution in [1.82, 2.24) is 5.32 Å². The summed E-state index contributed by atoms with van der Waals surface area (Å²) in [5.74, 6) is -3.01. The van der Waals surface area contributed by atoms with E-state index in [2.05, 4.69) is 10.6 Å². The molecule has 1 aromatic carbocycles. The lowest BCUT2D eigenvalue weighted by Crippen LogP contribution is -2.28. The molecule has 104 valence electrons. The van der Waals surface area contributed by atoms with Crippen molar-refractivity contribution in [2.75, 3.05) is 11.9 Å². The van der Waals surface area contributed by atoms with Crippen LogP contribution in [-0.2, 0) is 9.59 Å². The molecule has 0 bridgehead atoms. The highest BCUT2D eigenvalue weighted by atomic mass is 19.2. The van der Waals surface area contributed by atoms with Crippen molar-refractivity contribution in [2.24, 2.45) is 0 Å². The lowest BCUT2D eigenvalue weighted by molar-refractivity contribution is -0.126. The summed E-state index contributed by atoms with van der Waals surface area (Å²) >= 11 is 0. The van der Waals surface area contributed by atoms with Crippen LogP contribution in [0, 0.1) is 11.6 Å². The van der Waals surface area contributed by atoms with E-state index in [4.69, 9.17) is 0 Å². The molecule has 0 aromatic heterocycles. The molecule has 2 N–H and O–H groups in total. The van der Waals surface area contributed by atoms with Crippen LogP contribution in [0.3, 0.4) is 0 Å². The Morgan fingerprint density at radius 3 is 2.53 bits per heavy atom. The third kappa shape index (κ3) is 5.46. The first kappa shape index (κ1) is 15.1. The second-order valence-electron chi connectivity index (χ2n) is 4.06. The van der Waals surface area contributed by atoms with Gasteiger partial charge in [0, 0.05) is 18.3 Å². The number of benzene rings is 1. The van der Waals surface area contributed by atoms with Gasteiger partial charge in [0.05, 0.1) is 0 Å². The molecule has 0 unspecified atom stereocenters. The summed E-state index contributed by atoms with van der Waals surface area (Å²) in [6.45, 7) is 2.51. The Labute approximate surface area is 110 Å². The zero-order chi connectivity index (χ0) is 14.3. The lowest BCUT2D eigenvalue weighted by Gasteiger charge is -2.06. The molecule has 0 atom stereocenters. The van der Waals surface area contributed by atoms with Gasteiger partial charge in [-0.1, -0.05) is 13.3 Å². The van der Waals surface area contributed by atoms with Crippen molar-refractivity contribution < 1.29 is 18.4 Å². The number of anilines is 1. The molecule has 0 spiro atoms. The fraction of sp³-hybridized carbons (Fsp3) is 0.385. The van der Waals surface area contributed by atoms with E-state index >= 15 is 0 Å². The van der Waals surface area contributed by atoms with Gasteiger partial charge in [0.1, 0.15) is 6.42 Å². The van der Waals surface area contributed by atoms with Gasteiger partial charge in [0.25, 0.3) is 0 Å². The molecular weight excluding hydrogens is 254 g/mol. The standard InChI is InChI=1S/C13H16F2N2O2/c1-2-3-6-16-12(18)8-13(19)17-9-4-5-10(14)11(15)7-9/h4-5,7H,2-3,6,8H2,1H3,(H,16,18)(H,17,19). The molecular formula is C13H16F2N2O2. The third-order valence-electron chi connectivity index (χ3n) is 2.38. The average molecular weight is 270 g/mol. The molecule has 0 heterocycles. The number of rotatable bonds is 6. The zero-order valence-electron chi connectivity index (χ0n) is 10.6. The molecule has 2 amide bonds. The molecule has 0 saturated heterocycles. The maximum Gasteiger partial charge on any atom is 0.233 e. The molecule has 1 rings (SSSR count). The summed E-state index contributed by atoms with van der Waals surface area (Å²) < 4.78 is 25.6. The number of amides is 2. The number of unbranched alkanes of at least 4 members (excludes halogenated alkanes) is 1. The van der Waals surface area contributed by atoms with E-state index in [0.29, 0.717) is 6.54 Å². The summed E-state index contributed by atoms with van der Waals surface area (Å²) in [6.07, 6.45) is 1.45. The number of hydrogen-bond donors (Lipinski definition) is 2. The van der Waals surface area contributed by atoms with E-state index < -0.39 is 23.4 Å². The first-order valence-electron chi connectivity index (χ1n) is 6.04. The Balaban J connectivity index is 2.42. The monoisotopic (exact) mass is 270 g/mol. The summed E-state index contributed by atoms with van der Waals surface area (Å²) in [5, 5.41) is 4.91. The fourth-order valence-corrected chi connectivity index (χ4v) is 1.39. The SMILES string of the molecule is CCCCNC(=O)CC(=O)Nc1ccc(F)c(F)c1. The van der Waals surface area contributed by atoms with E-state index in [0.717, 1.165) is 25.0 Å². The molecule has 0 radical (unpaired) electrons. The van der Waals surface area contributed by atoms with Crippen LogP contribution in [-0.4, -0.2) is 18.4 Å². The molecule has 6 heteroatoms. The third-order valence-corrected chi connectivity index (χ3v) is 2.38. The Bertz CT molecular complexity index is 464. The molecule has 4 nitrogen and oxygen atoms in total. The molecule has 0 fully saturated rings. The van der Waals surface area contributed by atoms with Gasteiger partial charge < -0.3 is 10.6 Å². The molecule has 1 aromatic rings. The van der Waals surface area contributed by atoms with Crippen molar-refractivity contribution in [3.05, 3.63) is 29.8 Å². The summed E-state index contributed by atoms with van der Waals surface area (Å²) in [4.78, 5) is 22.8. The first-order chi connectivity index (χ1) is 9.02. The van der Waals surface area contributed by atoms with Gasteiger partial charge in [0.15, 0.2) is 11.6 Å². The van der Waals surface area contributed by atoms with E-state index in [9.17, 15) is 18.4 Å². The van der Waals surface area contributed by atoms with Crippen molar-refractivity contribution in [1.29, 1.82) is 0 Å². The Morgan fingerprint density at radius 2 is 1.89 bits per heavy atom. The highest BCUT2D eigenvalue weighted by Gasteiger charge is 2.10. The second-order valence-corrected chi connectivity index (χ2v) is 4.06. The minimum Gasteiger partial charge on any atom is -0.356 e. The number of carbonyl (C=O) groups excluding carboxylic acids is 2. The van der Waals surface area contributed by atoms with Gasteiger partial charge in [0.2, 0.25) is 11.8 Å². The highest BCUT2D eigenvalue weighted by Crippen LogP contribution is 2.13. The number of nitrogens with one attached hydrogen (secondary N) is 2. The highest BCUT2D eigenvalue weighted by molar-refractivity contribution is 6.03. The Hall–Kier alpha value is -1.98. The predicted molar refractivity (Wildman–Crippen MR) is 67.5 cm³/mol.